The highest BCUT2D eigenvalue weighted by atomic mass is 35.5. The second-order valence-electron chi connectivity index (χ2n) is 8.92. The Labute approximate surface area is 209 Å². The molecule has 0 unspecified atom stereocenters. The van der Waals surface area contributed by atoms with Crippen molar-refractivity contribution in [2.45, 2.75) is 43.5 Å². The second kappa shape index (κ2) is 8.42. The predicted octanol–water partition coefficient (Wildman–Crippen LogP) is 4.26. The molecule has 2 N–H and O–H groups in total. The van der Waals surface area contributed by atoms with E-state index in [9.17, 15) is 14.0 Å². The third kappa shape index (κ3) is 4.30. The Bertz CT molecular complexity index is 1330. The largest absolute Gasteiger partial charge is 0.441 e. The molecule has 0 saturated heterocycles. The fourth-order valence-electron chi connectivity index (χ4n) is 4.56. The number of amides is 2. The van der Waals surface area contributed by atoms with Gasteiger partial charge in [0.15, 0.2) is 11.5 Å². The van der Waals surface area contributed by atoms with E-state index >= 15 is 0 Å². The monoisotopic (exact) mass is 519 g/mol. The summed E-state index contributed by atoms with van der Waals surface area (Å²) in [6, 6.07) is 6.43. The average Bonchev–Trinajstić information content (AvgIpc) is 3.11. The third-order valence-electron chi connectivity index (χ3n) is 6.24. The molecule has 35 heavy (non-hydrogen) atoms. The minimum Gasteiger partial charge on any atom is -0.441 e. The highest BCUT2D eigenvalue weighted by Gasteiger charge is 2.69. The molecule has 0 spiro atoms. The van der Waals surface area contributed by atoms with Gasteiger partial charge in [0, 0.05) is 43.6 Å². The number of nitrogens with one attached hydrogen (secondary N) is 2. The second-order valence-corrected chi connectivity index (χ2v) is 9.63. The van der Waals surface area contributed by atoms with Crippen LogP contribution in [0.1, 0.15) is 48.2 Å². The highest BCUT2D eigenvalue weighted by molar-refractivity contribution is 6.32. The zero-order valence-electron chi connectivity index (χ0n) is 18.7. The van der Waals surface area contributed by atoms with Crippen LogP contribution in [-0.4, -0.2) is 48.2 Å². The Kier molecular flexibility index (Phi) is 5.64. The Hall–Kier alpha value is -3.31. The lowest BCUT2D eigenvalue weighted by molar-refractivity contribution is -0.162. The van der Waals surface area contributed by atoms with Crippen molar-refractivity contribution in [2.24, 2.45) is 7.05 Å². The van der Waals surface area contributed by atoms with E-state index in [4.69, 9.17) is 27.9 Å². The van der Waals surface area contributed by atoms with Gasteiger partial charge in [-0.15, -0.1) is 5.10 Å². The van der Waals surface area contributed by atoms with E-state index in [0.29, 0.717) is 24.8 Å². The molecule has 0 radical (unpaired) electrons. The number of aryl methyl sites for hydroxylation is 1. The first-order valence-electron chi connectivity index (χ1n) is 10.7. The van der Waals surface area contributed by atoms with Crippen molar-refractivity contribution in [1.82, 2.24) is 30.3 Å². The van der Waals surface area contributed by atoms with Crippen LogP contribution in [0.3, 0.4) is 0 Å². The number of carbonyl (C=O) groups is 2. The number of rotatable bonds is 6. The molecule has 1 atom stereocenters. The molecular weight excluding hydrogens is 500 g/mol. The number of hydrogen-bond donors (Lipinski definition) is 2. The Morgan fingerprint density at radius 1 is 1.20 bits per heavy atom. The molecule has 0 aromatic carbocycles. The number of alkyl halides is 1. The molecular formula is C22H20Cl2FN7O3. The Morgan fingerprint density at radius 2 is 1.94 bits per heavy atom. The van der Waals surface area contributed by atoms with Crippen molar-refractivity contribution in [3.8, 4) is 11.4 Å². The van der Waals surface area contributed by atoms with Gasteiger partial charge in [0.25, 0.3) is 5.91 Å². The number of ether oxygens (including phenoxy) is 1. The van der Waals surface area contributed by atoms with E-state index < -0.39 is 29.3 Å². The van der Waals surface area contributed by atoms with E-state index in [2.05, 4.69) is 30.9 Å². The van der Waals surface area contributed by atoms with Crippen molar-refractivity contribution in [1.29, 1.82) is 0 Å². The van der Waals surface area contributed by atoms with Crippen LogP contribution in [0, 0.1) is 0 Å². The van der Waals surface area contributed by atoms with E-state index in [1.54, 1.807) is 26.1 Å². The molecule has 182 valence electrons. The van der Waals surface area contributed by atoms with Crippen LogP contribution in [-0.2, 0) is 11.8 Å². The van der Waals surface area contributed by atoms with E-state index in [0.717, 1.165) is 0 Å². The van der Waals surface area contributed by atoms with E-state index in [1.807, 2.05) is 0 Å². The summed E-state index contributed by atoms with van der Waals surface area (Å²) in [5, 5.41) is 13.6. The van der Waals surface area contributed by atoms with Crippen LogP contribution < -0.4 is 10.6 Å². The van der Waals surface area contributed by atoms with Crippen LogP contribution in [0.5, 0.6) is 0 Å². The summed E-state index contributed by atoms with van der Waals surface area (Å²) < 4.78 is 20.5. The molecule has 3 aliphatic carbocycles. The highest BCUT2D eigenvalue weighted by Crippen LogP contribution is 2.63. The molecule has 3 saturated carbocycles. The first-order valence-corrected chi connectivity index (χ1v) is 11.5. The van der Waals surface area contributed by atoms with Gasteiger partial charge >= 0.3 is 6.09 Å². The van der Waals surface area contributed by atoms with Crippen molar-refractivity contribution < 1.29 is 18.7 Å². The van der Waals surface area contributed by atoms with E-state index in [-0.39, 0.29) is 33.1 Å². The lowest BCUT2D eigenvalue weighted by atomic mass is 9.47. The molecule has 2 bridgehead atoms. The van der Waals surface area contributed by atoms with Gasteiger partial charge < -0.3 is 10.1 Å². The minimum absolute atomic E-state index is 0.0550. The van der Waals surface area contributed by atoms with Crippen LogP contribution in [0.2, 0.25) is 10.3 Å². The number of halogens is 3. The molecule has 10 nitrogen and oxygen atoms in total. The van der Waals surface area contributed by atoms with Crippen LogP contribution in [0.4, 0.5) is 15.0 Å². The summed E-state index contributed by atoms with van der Waals surface area (Å²) in [6.07, 6.45) is 1.07. The van der Waals surface area contributed by atoms with Crippen molar-refractivity contribution in [3.63, 3.8) is 0 Å². The first-order chi connectivity index (χ1) is 16.6. The summed E-state index contributed by atoms with van der Waals surface area (Å²) >= 11 is 12.4. The third-order valence-corrected chi connectivity index (χ3v) is 6.84. The summed E-state index contributed by atoms with van der Waals surface area (Å²) in [5.74, 6) is -0.206. The number of nitrogens with zero attached hydrogens (tertiary/aromatic N) is 5. The van der Waals surface area contributed by atoms with Gasteiger partial charge in [0.05, 0.1) is 11.3 Å². The Morgan fingerprint density at radius 3 is 2.60 bits per heavy atom. The SMILES string of the molecule is C[C@@H](OC(=O)Nc1c(-c2ccc(C(=O)NC34CC(F)(C3)C4)c(Cl)n2)nnn1C)c1cccnc1Cl. The van der Waals surface area contributed by atoms with Gasteiger partial charge in [-0.25, -0.2) is 23.8 Å². The van der Waals surface area contributed by atoms with Gasteiger partial charge in [0.2, 0.25) is 0 Å². The van der Waals surface area contributed by atoms with Crippen molar-refractivity contribution >= 4 is 41.0 Å². The van der Waals surface area contributed by atoms with Crippen LogP contribution in [0.15, 0.2) is 30.5 Å². The standard InChI is InChI=1S/C22H20Cl2FN7O3/c1-11(12-4-3-7-26-16(12)23)35-20(34)28-18-15(30-31-32(18)2)14-6-5-13(17(24)27-14)19(33)29-22-8-21(25,9-22)10-22/h3-7,11H,8-10H2,1-2H3,(H,28,34)(H,29,33)/t11-,21?,22?/m1/s1. The number of pyridine rings is 2. The topological polar surface area (TPSA) is 124 Å². The number of hydrogen-bond acceptors (Lipinski definition) is 7. The van der Waals surface area contributed by atoms with Crippen molar-refractivity contribution in [2.75, 3.05) is 5.32 Å². The van der Waals surface area contributed by atoms with Gasteiger partial charge in [0.1, 0.15) is 22.1 Å². The molecule has 3 aliphatic rings. The summed E-state index contributed by atoms with van der Waals surface area (Å²) in [4.78, 5) is 33.4. The number of anilines is 1. The predicted molar refractivity (Wildman–Crippen MR) is 125 cm³/mol. The fraction of sp³-hybridized carbons (Fsp3) is 0.364. The molecule has 3 aromatic rings. The zero-order chi connectivity index (χ0) is 25.0. The molecule has 6 rings (SSSR count). The quantitative estimate of drug-likeness (QED) is 0.466. The lowest BCUT2D eigenvalue weighted by Crippen LogP contribution is -2.76. The summed E-state index contributed by atoms with van der Waals surface area (Å²) in [6.45, 7) is 1.66. The number of carbonyl (C=O) groups excluding carboxylic acids is 2. The van der Waals surface area contributed by atoms with Gasteiger partial charge in [-0.1, -0.05) is 34.5 Å². The van der Waals surface area contributed by atoms with Gasteiger partial charge in [-0.3, -0.25) is 10.1 Å². The molecule has 13 heteroatoms. The molecule has 3 heterocycles. The first kappa shape index (κ1) is 23.4. The molecule has 3 fully saturated rings. The van der Waals surface area contributed by atoms with Crippen LogP contribution >= 0.6 is 23.2 Å². The maximum absolute atomic E-state index is 13.7. The maximum Gasteiger partial charge on any atom is 0.413 e. The van der Waals surface area contributed by atoms with Crippen molar-refractivity contribution in [3.05, 3.63) is 51.9 Å². The summed E-state index contributed by atoms with van der Waals surface area (Å²) in [7, 11) is 1.58. The molecule has 3 aromatic heterocycles. The fourth-order valence-corrected chi connectivity index (χ4v) is 5.07. The Balaban J connectivity index is 1.30. The van der Waals surface area contributed by atoms with Crippen LogP contribution in [0.25, 0.3) is 11.4 Å². The zero-order valence-corrected chi connectivity index (χ0v) is 20.2. The minimum atomic E-state index is -1.13. The van der Waals surface area contributed by atoms with Gasteiger partial charge in [-0.2, -0.15) is 0 Å². The number of aromatic nitrogens is 5. The molecule has 0 aliphatic heterocycles. The summed E-state index contributed by atoms with van der Waals surface area (Å²) in [5.41, 5.74) is -0.384. The smallest absolute Gasteiger partial charge is 0.413 e. The van der Waals surface area contributed by atoms with Gasteiger partial charge in [-0.05, 0) is 25.1 Å². The average molecular weight is 520 g/mol. The van der Waals surface area contributed by atoms with E-state index in [1.165, 1.54) is 23.0 Å². The maximum atomic E-state index is 13.7. The lowest BCUT2D eigenvalue weighted by Gasteiger charge is -2.65. The molecule has 2 amide bonds. The normalized spacial score (nSPS) is 23.0.